The minimum Gasteiger partial charge on any atom is -0.382 e. The Balaban J connectivity index is 2.90. The fraction of sp³-hybridized carbons (Fsp3) is 0.833. The number of hydrogen-bond donors (Lipinski definition) is 0. The van der Waals surface area contributed by atoms with Gasteiger partial charge in [0.15, 0.2) is 27.2 Å². The minimum absolute atomic E-state index is 0.0606. The number of hydrogen-bond acceptors (Lipinski definition) is 8. The number of rotatable bonds is 17. The van der Waals surface area contributed by atoms with Crippen molar-refractivity contribution in [3.63, 3.8) is 0 Å². The van der Waals surface area contributed by atoms with Gasteiger partial charge in [-0.1, -0.05) is 6.08 Å². The SMILES string of the molecule is C=CCOCOCOCOCOCOCOCCOC. The lowest BCUT2D eigenvalue weighted by Gasteiger charge is -2.08. The van der Waals surface area contributed by atoms with Crippen LogP contribution in [0.25, 0.3) is 0 Å². The first-order valence-corrected chi connectivity index (χ1v) is 6.05. The molecule has 0 saturated carbocycles. The summed E-state index contributed by atoms with van der Waals surface area (Å²) in [5.41, 5.74) is 0. The molecule has 120 valence electrons. The van der Waals surface area contributed by atoms with Gasteiger partial charge in [-0.3, -0.25) is 0 Å². The van der Waals surface area contributed by atoms with Crippen molar-refractivity contribution in [2.45, 2.75) is 0 Å². The summed E-state index contributed by atoms with van der Waals surface area (Å²) in [6.45, 7) is 5.55. The van der Waals surface area contributed by atoms with Crippen molar-refractivity contribution in [1.82, 2.24) is 0 Å². The molecule has 0 N–H and O–H groups in total. The molecular weight excluding hydrogens is 272 g/mol. The summed E-state index contributed by atoms with van der Waals surface area (Å²) in [6.07, 6.45) is 1.63. The first kappa shape index (κ1) is 19.4. The lowest BCUT2D eigenvalue weighted by atomic mass is 10.7. The number of methoxy groups -OCH3 is 1. The zero-order chi connectivity index (χ0) is 14.7. The Bertz CT molecular complexity index is 190. The van der Waals surface area contributed by atoms with Gasteiger partial charge in [-0.25, -0.2) is 0 Å². The highest BCUT2D eigenvalue weighted by atomic mass is 16.8. The first-order chi connectivity index (χ1) is 9.91. The van der Waals surface area contributed by atoms with Crippen molar-refractivity contribution in [2.75, 3.05) is 67.7 Å². The van der Waals surface area contributed by atoms with E-state index in [1.165, 1.54) is 0 Å². The molecule has 0 aliphatic heterocycles. The van der Waals surface area contributed by atoms with E-state index in [0.717, 1.165) is 0 Å². The van der Waals surface area contributed by atoms with Crippen LogP contribution in [0.1, 0.15) is 0 Å². The molecule has 0 aliphatic rings. The zero-order valence-electron chi connectivity index (χ0n) is 11.9. The van der Waals surface area contributed by atoms with E-state index in [1.54, 1.807) is 13.2 Å². The summed E-state index contributed by atoms with van der Waals surface area (Å²) in [5, 5.41) is 0. The van der Waals surface area contributed by atoms with Gasteiger partial charge < -0.3 is 37.9 Å². The average molecular weight is 296 g/mol. The van der Waals surface area contributed by atoms with Crippen molar-refractivity contribution in [1.29, 1.82) is 0 Å². The van der Waals surface area contributed by atoms with Crippen molar-refractivity contribution in [3.8, 4) is 0 Å². The predicted octanol–water partition coefficient (Wildman–Crippen LogP) is 0.680. The van der Waals surface area contributed by atoms with Gasteiger partial charge in [0.05, 0.1) is 19.8 Å². The standard InChI is InChI=1S/C12H24O8/c1-3-4-14-7-16-9-18-11-20-12-19-10-17-8-15-6-5-13-2/h3H,1,4-12H2,2H3. The molecule has 0 fully saturated rings. The molecule has 0 saturated heterocycles. The van der Waals surface area contributed by atoms with Crippen LogP contribution in [0.2, 0.25) is 0 Å². The van der Waals surface area contributed by atoms with Gasteiger partial charge in [0.1, 0.15) is 13.6 Å². The van der Waals surface area contributed by atoms with Crippen LogP contribution in [0.3, 0.4) is 0 Å². The van der Waals surface area contributed by atoms with Crippen LogP contribution < -0.4 is 0 Å². The van der Waals surface area contributed by atoms with Crippen LogP contribution >= 0.6 is 0 Å². The zero-order valence-corrected chi connectivity index (χ0v) is 11.9. The second-order valence-electron chi connectivity index (χ2n) is 3.29. The fourth-order valence-electron chi connectivity index (χ4n) is 0.856. The normalized spacial score (nSPS) is 10.8. The van der Waals surface area contributed by atoms with Crippen LogP contribution in [-0.4, -0.2) is 67.7 Å². The summed E-state index contributed by atoms with van der Waals surface area (Å²) < 4.78 is 39.7. The van der Waals surface area contributed by atoms with E-state index >= 15 is 0 Å². The third kappa shape index (κ3) is 17.4. The minimum atomic E-state index is 0.0606. The molecule has 0 amide bonds. The quantitative estimate of drug-likeness (QED) is 0.220. The molecule has 0 spiro atoms. The van der Waals surface area contributed by atoms with E-state index in [4.69, 9.17) is 37.9 Å². The van der Waals surface area contributed by atoms with Gasteiger partial charge in [0.25, 0.3) is 0 Å². The summed E-state index contributed by atoms with van der Waals surface area (Å²) in [5.74, 6) is 0. The molecule has 0 aromatic heterocycles. The Hall–Kier alpha value is -0.580. The van der Waals surface area contributed by atoms with E-state index in [1.807, 2.05) is 0 Å². The topological polar surface area (TPSA) is 73.8 Å². The Morgan fingerprint density at radius 1 is 0.650 bits per heavy atom. The molecule has 0 bridgehead atoms. The van der Waals surface area contributed by atoms with Crippen molar-refractivity contribution < 1.29 is 37.9 Å². The maximum atomic E-state index is 5.05. The van der Waals surface area contributed by atoms with Crippen LogP contribution in [0.4, 0.5) is 0 Å². The van der Waals surface area contributed by atoms with Gasteiger partial charge >= 0.3 is 0 Å². The average Bonchev–Trinajstić information content (AvgIpc) is 2.47. The lowest BCUT2D eigenvalue weighted by Crippen LogP contribution is -2.11. The summed E-state index contributed by atoms with van der Waals surface area (Å²) in [7, 11) is 1.60. The van der Waals surface area contributed by atoms with Gasteiger partial charge in [-0.05, 0) is 0 Å². The Kier molecular flexibility index (Phi) is 17.9. The van der Waals surface area contributed by atoms with Crippen LogP contribution in [0.5, 0.6) is 0 Å². The van der Waals surface area contributed by atoms with Crippen LogP contribution in [-0.2, 0) is 37.9 Å². The monoisotopic (exact) mass is 296 g/mol. The molecule has 0 rings (SSSR count). The van der Waals surface area contributed by atoms with Crippen molar-refractivity contribution >= 4 is 0 Å². The Morgan fingerprint density at radius 2 is 1.10 bits per heavy atom. The van der Waals surface area contributed by atoms with Crippen molar-refractivity contribution in [3.05, 3.63) is 12.7 Å². The summed E-state index contributed by atoms with van der Waals surface area (Å²) in [6, 6.07) is 0. The van der Waals surface area contributed by atoms with Gasteiger partial charge in [0, 0.05) is 7.11 Å². The molecule has 20 heavy (non-hydrogen) atoms. The maximum absolute atomic E-state index is 5.05. The van der Waals surface area contributed by atoms with E-state index in [2.05, 4.69) is 6.58 Å². The molecule has 0 radical (unpaired) electrons. The maximum Gasteiger partial charge on any atom is 0.152 e. The first-order valence-electron chi connectivity index (χ1n) is 6.05. The largest absolute Gasteiger partial charge is 0.382 e. The lowest BCUT2D eigenvalue weighted by molar-refractivity contribution is -0.214. The van der Waals surface area contributed by atoms with Gasteiger partial charge in [-0.15, -0.1) is 6.58 Å². The highest BCUT2D eigenvalue weighted by molar-refractivity contribution is 4.62. The molecular formula is C12H24O8. The molecule has 8 nitrogen and oxygen atoms in total. The molecule has 8 heteroatoms. The Morgan fingerprint density at radius 3 is 1.55 bits per heavy atom. The van der Waals surface area contributed by atoms with Crippen LogP contribution in [0.15, 0.2) is 12.7 Å². The van der Waals surface area contributed by atoms with E-state index in [9.17, 15) is 0 Å². The molecule has 0 aliphatic carbocycles. The van der Waals surface area contributed by atoms with E-state index < -0.39 is 0 Å². The molecule has 0 heterocycles. The predicted molar refractivity (Wildman–Crippen MR) is 68.6 cm³/mol. The van der Waals surface area contributed by atoms with Crippen molar-refractivity contribution in [2.24, 2.45) is 0 Å². The third-order valence-corrected chi connectivity index (χ3v) is 1.67. The summed E-state index contributed by atoms with van der Waals surface area (Å²) >= 11 is 0. The van der Waals surface area contributed by atoms with Crippen LogP contribution in [0, 0.1) is 0 Å². The number of ether oxygens (including phenoxy) is 8. The fourth-order valence-corrected chi connectivity index (χ4v) is 0.856. The van der Waals surface area contributed by atoms with E-state index in [0.29, 0.717) is 19.8 Å². The second-order valence-corrected chi connectivity index (χ2v) is 3.29. The van der Waals surface area contributed by atoms with E-state index in [-0.39, 0.29) is 40.8 Å². The molecule has 0 aromatic rings. The highest BCUT2D eigenvalue weighted by Crippen LogP contribution is 1.86. The molecule has 0 atom stereocenters. The van der Waals surface area contributed by atoms with Gasteiger partial charge in [-0.2, -0.15) is 0 Å². The smallest absolute Gasteiger partial charge is 0.152 e. The molecule has 0 unspecified atom stereocenters. The molecule has 0 aromatic carbocycles. The highest BCUT2D eigenvalue weighted by Gasteiger charge is 1.92. The van der Waals surface area contributed by atoms with Gasteiger partial charge in [0.2, 0.25) is 0 Å². The summed E-state index contributed by atoms with van der Waals surface area (Å²) in [4.78, 5) is 0. The Labute approximate surface area is 119 Å². The third-order valence-electron chi connectivity index (χ3n) is 1.67. The second kappa shape index (κ2) is 18.4.